The van der Waals surface area contributed by atoms with E-state index >= 15 is 0 Å². The van der Waals surface area contributed by atoms with Crippen LogP contribution >= 0.6 is 38.5 Å². The van der Waals surface area contributed by atoms with Crippen molar-refractivity contribution in [3.63, 3.8) is 0 Å². The van der Waals surface area contributed by atoms with Crippen LogP contribution in [0.2, 0.25) is 0 Å². The second-order valence-corrected chi connectivity index (χ2v) is 5.37. The maximum Gasteiger partial charge on any atom is 0.0654 e. The van der Waals surface area contributed by atoms with Gasteiger partial charge in [-0.1, -0.05) is 64.5 Å². The minimum absolute atomic E-state index is 0.284. The van der Waals surface area contributed by atoms with Crippen LogP contribution in [-0.4, -0.2) is 0 Å². The van der Waals surface area contributed by atoms with Gasteiger partial charge in [0.25, 0.3) is 0 Å². The van der Waals surface area contributed by atoms with Crippen molar-refractivity contribution in [1.82, 2.24) is 0 Å². The molecule has 0 spiro atoms. The van der Waals surface area contributed by atoms with Gasteiger partial charge in [-0.05, 0) is 39.8 Å². The molecule has 0 bridgehead atoms. The maximum atomic E-state index is 3.74. The molecule has 0 saturated heterocycles. The first-order chi connectivity index (χ1) is 7.29. The van der Waals surface area contributed by atoms with Gasteiger partial charge < -0.3 is 0 Å². The summed E-state index contributed by atoms with van der Waals surface area (Å²) in [6.07, 6.45) is 0. The topological polar surface area (TPSA) is 0 Å². The Kier molecular flexibility index (Phi) is 3.81. The lowest BCUT2D eigenvalue weighted by atomic mass is 10.1. The summed E-state index contributed by atoms with van der Waals surface area (Å²) in [6, 6.07) is 18.9. The second kappa shape index (κ2) is 5.12. The van der Waals surface area contributed by atoms with E-state index < -0.39 is 0 Å². The Morgan fingerprint density at radius 2 is 1.47 bits per heavy atom. The first-order valence-corrected chi connectivity index (χ1v) is 6.72. The molecular formula is C13H10BrI. The Morgan fingerprint density at radius 1 is 0.867 bits per heavy atom. The maximum absolute atomic E-state index is 3.74. The minimum Gasteiger partial charge on any atom is -0.0786 e. The van der Waals surface area contributed by atoms with E-state index in [1.807, 2.05) is 6.07 Å². The Bertz CT molecular complexity index is 439. The molecule has 2 aromatic carbocycles. The average Bonchev–Trinajstić information content (AvgIpc) is 2.30. The smallest absolute Gasteiger partial charge is 0.0654 e. The highest BCUT2D eigenvalue weighted by molar-refractivity contribution is 14.1. The molecule has 0 saturated carbocycles. The highest BCUT2D eigenvalue weighted by Crippen LogP contribution is 2.33. The minimum atomic E-state index is 0.284. The molecule has 1 unspecified atom stereocenters. The van der Waals surface area contributed by atoms with Crippen molar-refractivity contribution in [1.29, 1.82) is 0 Å². The van der Waals surface area contributed by atoms with Gasteiger partial charge >= 0.3 is 0 Å². The van der Waals surface area contributed by atoms with Crippen molar-refractivity contribution in [3.8, 4) is 0 Å². The van der Waals surface area contributed by atoms with E-state index in [4.69, 9.17) is 0 Å². The van der Waals surface area contributed by atoms with Gasteiger partial charge in [0, 0.05) is 3.57 Å². The number of hydrogen-bond acceptors (Lipinski definition) is 0. The van der Waals surface area contributed by atoms with Crippen LogP contribution in [0, 0.1) is 3.57 Å². The fourth-order valence-electron chi connectivity index (χ4n) is 1.48. The van der Waals surface area contributed by atoms with Crippen LogP contribution in [0.5, 0.6) is 0 Å². The van der Waals surface area contributed by atoms with Gasteiger partial charge in [0.2, 0.25) is 0 Å². The fourth-order valence-corrected chi connectivity index (χ4v) is 3.31. The molecule has 0 nitrogen and oxygen atoms in total. The van der Waals surface area contributed by atoms with Crippen molar-refractivity contribution in [3.05, 3.63) is 69.3 Å². The summed E-state index contributed by atoms with van der Waals surface area (Å²) in [4.78, 5) is 0.284. The number of benzene rings is 2. The quantitative estimate of drug-likeness (QED) is 0.526. The highest BCUT2D eigenvalue weighted by atomic mass is 127. The number of halogens is 2. The first kappa shape index (κ1) is 11.1. The van der Waals surface area contributed by atoms with Crippen molar-refractivity contribution in [2.75, 3.05) is 0 Å². The van der Waals surface area contributed by atoms with Gasteiger partial charge in [-0.3, -0.25) is 0 Å². The van der Waals surface area contributed by atoms with Crippen molar-refractivity contribution in [2.45, 2.75) is 4.83 Å². The monoisotopic (exact) mass is 372 g/mol. The van der Waals surface area contributed by atoms with Gasteiger partial charge in [-0.25, -0.2) is 0 Å². The molecule has 1 atom stereocenters. The molecule has 2 rings (SSSR count). The molecule has 0 aliphatic rings. The molecule has 0 radical (unpaired) electrons. The average molecular weight is 373 g/mol. The second-order valence-electron chi connectivity index (χ2n) is 3.29. The third kappa shape index (κ3) is 2.61. The lowest BCUT2D eigenvalue weighted by Gasteiger charge is -2.12. The third-order valence-electron chi connectivity index (χ3n) is 2.27. The summed E-state index contributed by atoms with van der Waals surface area (Å²) >= 11 is 6.11. The van der Waals surface area contributed by atoms with Crippen LogP contribution in [0.4, 0.5) is 0 Å². The number of rotatable bonds is 2. The fraction of sp³-hybridized carbons (Fsp3) is 0.0769. The van der Waals surface area contributed by atoms with E-state index in [0.717, 1.165) is 0 Å². The van der Waals surface area contributed by atoms with Gasteiger partial charge in [-0.15, -0.1) is 0 Å². The molecule has 2 aromatic rings. The Morgan fingerprint density at radius 3 is 2.13 bits per heavy atom. The van der Waals surface area contributed by atoms with E-state index in [-0.39, 0.29) is 4.83 Å². The summed E-state index contributed by atoms with van der Waals surface area (Å²) in [5.74, 6) is 0. The zero-order valence-electron chi connectivity index (χ0n) is 8.03. The molecule has 0 aliphatic heterocycles. The summed E-state index contributed by atoms with van der Waals surface area (Å²) in [7, 11) is 0. The number of hydrogen-bond donors (Lipinski definition) is 0. The van der Waals surface area contributed by atoms with Gasteiger partial charge in [0.1, 0.15) is 0 Å². The van der Waals surface area contributed by atoms with E-state index in [1.54, 1.807) is 0 Å². The molecule has 0 aliphatic carbocycles. The van der Waals surface area contributed by atoms with Crippen LogP contribution < -0.4 is 0 Å². The zero-order valence-corrected chi connectivity index (χ0v) is 11.8. The van der Waals surface area contributed by atoms with Crippen molar-refractivity contribution in [2.24, 2.45) is 0 Å². The standard InChI is InChI=1S/C13H10BrI/c14-13(10-6-2-1-3-7-10)11-8-4-5-9-12(11)15/h1-9,13H. The predicted octanol–water partition coefficient (Wildman–Crippen LogP) is 4.78. The summed E-state index contributed by atoms with van der Waals surface area (Å²) < 4.78 is 1.29. The van der Waals surface area contributed by atoms with Gasteiger partial charge in [-0.2, -0.15) is 0 Å². The molecule has 15 heavy (non-hydrogen) atoms. The Labute approximate surface area is 112 Å². The van der Waals surface area contributed by atoms with Crippen LogP contribution in [0.25, 0.3) is 0 Å². The Balaban J connectivity index is 2.37. The molecular weight excluding hydrogens is 363 g/mol. The largest absolute Gasteiger partial charge is 0.0786 e. The molecule has 76 valence electrons. The van der Waals surface area contributed by atoms with Crippen molar-refractivity contribution >= 4 is 38.5 Å². The molecule has 0 fully saturated rings. The lowest BCUT2D eigenvalue weighted by Crippen LogP contribution is -1.94. The third-order valence-corrected chi connectivity index (χ3v) is 4.27. The molecule has 0 aromatic heterocycles. The molecule has 0 heterocycles. The van der Waals surface area contributed by atoms with Crippen LogP contribution in [0.1, 0.15) is 16.0 Å². The van der Waals surface area contributed by atoms with E-state index in [9.17, 15) is 0 Å². The first-order valence-electron chi connectivity index (χ1n) is 4.72. The zero-order chi connectivity index (χ0) is 10.7. The van der Waals surface area contributed by atoms with E-state index in [1.165, 1.54) is 14.7 Å². The van der Waals surface area contributed by atoms with Crippen LogP contribution in [-0.2, 0) is 0 Å². The van der Waals surface area contributed by atoms with E-state index in [0.29, 0.717) is 0 Å². The lowest BCUT2D eigenvalue weighted by molar-refractivity contribution is 1.16. The molecule has 0 N–H and O–H groups in total. The van der Waals surface area contributed by atoms with Crippen LogP contribution in [0.15, 0.2) is 54.6 Å². The van der Waals surface area contributed by atoms with Crippen LogP contribution in [0.3, 0.4) is 0 Å². The highest BCUT2D eigenvalue weighted by Gasteiger charge is 2.11. The molecule has 2 heteroatoms. The summed E-state index contributed by atoms with van der Waals surface area (Å²) in [6.45, 7) is 0. The predicted molar refractivity (Wildman–Crippen MR) is 76.4 cm³/mol. The number of alkyl halides is 1. The SMILES string of the molecule is BrC(c1ccccc1)c1ccccc1I. The van der Waals surface area contributed by atoms with Gasteiger partial charge in [0.15, 0.2) is 0 Å². The molecule has 0 amide bonds. The Hall–Kier alpha value is -0.350. The summed E-state index contributed by atoms with van der Waals surface area (Å²) in [5, 5.41) is 0. The summed E-state index contributed by atoms with van der Waals surface area (Å²) in [5.41, 5.74) is 2.62. The normalized spacial score (nSPS) is 12.4. The van der Waals surface area contributed by atoms with Gasteiger partial charge in [0.05, 0.1) is 4.83 Å². The van der Waals surface area contributed by atoms with E-state index in [2.05, 4.69) is 87.1 Å². The van der Waals surface area contributed by atoms with Crippen molar-refractivity contribution < 1.29 is 0 Å².